The van der Waals surface area contributed by atoms with Crippen molar-refractivity contribution in [1.29, 1.82) is 0 Å². The first-order valence-electron chi connectivity index (χ1n) is 7.33. The van der Waals surface area contributed by atoms with Crippen LogP contribution in [0.1, 0.15) is 46.5 Å². The molecule has 6 nitrogen and oxygen atoms in total. The summed E-state index contributed by atoms with van der Waals surface area (Å²) in [5, 5.41) is 13.7. The molecule has 118 valence electrons. The van der Waals surface area contributed by atoms with E-state index in [-0.39, 0.29) is 11.3 Å². The van der Waals surface area contributed by atoms with Crippen LogP contribution < -0.4 is 10.1 Å². The summed E-state index contributed by atoms with van der Waals surface area (Å²) in [6.07, 6.45) is 3.55. The van der Waals surface area contributed by atoms with Gasteiger partial charge in [0.15, 0.2) is 0 Å². The van der Waals surface area contributed by atoms with Gasteiger partial charge in [-0.2, -0.15) is 15.0 Å². The Hall–Kier alpha value is -1.14. The fourth-order valence-electron chi connectivity index (χ4n) is 2.42. The number of halogens is 1. The van der Waals surface area contributed by atoms with Crippen LogP contribution in [0.4, 0.5) is 5.95 Å². The average molecular weight is 315 g/mol. The van der Waals surface area contributed by atoms with Gasteiger partial charge in [0.2, 0.25) is 11.2 Å². The van der Waals surface area contributed by atoms with Crippen LogP contribution in [0.15, 0.2) is 0 Å². The zero-order chi connectivity index (χ0) is 15.5. The minimum Gasteiger partial charge on any atom is -0.464 e. The third-order valence-electron chi connectivity index (χ3n) is 3.97. The molecule has 0 unspecified atom stereocenters. The number of nitrogens with one attached hydrogen (secondary N) is 1. The Labute approximate surface area is 130 Å². The highest BCUT2D eigenvalue weighted by Crippen LogP contribution is 2.40. The molecule has 1 heterocycles. The van der Waals surface area contributed by atoms with Crippen LogP contribution in [0.2, 0.25) is 5.28 Å². The highest BCUT2D eigenvalue weighted by Gasteiger charge is 2.36. The molecule has 0 radical (unpaired) electrons. The molecular formula is C14H23ClN4O2. The first-order valence-corrected chi connectivity index (χ1v) is 7.70. The number of aromatic nitrogens is 3. The quantitative estimate of drug-likeness (QED) is 0.869. The van der Waals surface area contributed by atoms with Crippen molar-refractivity contribution in [3.8, 4) is 6.01 Å². The zero-order valence-electron chi connectivity index (χ0n) is 12.8. The van der Waals surface area contributed by atoms with Crippen LogP contribution in [0, 0.1) is 5.41 Å². The molecule has 1 fully saturated rings. The van der Waals surface area contributed by atoms with Crippen molar-refractivity contribution in [3.63, 3.8) is 0 Å². The SMILES string of the molecule is CCOc1nc(Cl)nc(NCC2(O)CCC(C)(C)CC2)n1. The normalized spacial score (nSPS) is 20.0. The van der Waals surface area contributed by atoms with Gasteiger partial charge in [-0.25, -0.2) is 0 Å². The summed E-state index contributed by atoms with van der Waals surface area (Å²) in [5.41, 5.74) is -0.411. The van der Waals surface area contributed by atoms with Crippen LogP contribution in [0.5, 0.6) is 6.01 Å². The van der Waals surface area contributed by atoms with Crippen molar-refractivity contribution in [2.24, 2.45) is 5.41 Å². The topological polar surface area (TPSA) is 80.2 Å². The summed E-state index contributed by atoms with van der Waals surface area (Å²) in [7, 11) is 0. The van der Waals surface area contributed by atoms with Gasteiger partial charge in [-0.05, 0) is 49.6 Å². The van der Waals surface area contributed by atoms with E-state index in [1.165, 1.54) is 0 Å². The highest BCUT2D eigenvalue weighted by atomic mass is 35.5. The van der Waals surface area contributed by atoms with Crippen molar-refractivity contribution in [2.45, 2.75) is 52.1 Å². The lowest BCUT2D eigenvalue weighted by Crippen LogP contribution is -2.42. The van der Waals surface area contributed by atoms with Crippen molar-refractivity contribution in [3.05, 3.63) is 5.28 Å². The van der Waals surface area contributed by atoms with E-state index in [4.69, 9.17) is 16.3 Å². The van der Waals surface area contributed by atoms with Gasteiger partial charge in [-0.3, -0.25) is 0 Å². The second-order valence-corrected chi connectivity index (χ2v) is 6.72. The standard InChI is InChI=1S/C14H23ClN4O2/c1-4-21-12-18-10(15)17-11(19-12)16-9-14(20)7-5-13(2,3)6-8-14/h20H,4-9H2,1-3H3,(H,16,17,18,19). The van der Waals surface area contributed by atoms with Crippen LogP contribution in [0.3, 0.4) is 0 Å². The molecular weight excluding hydrogens is 292 g/mol. The first-order chi connectivity index (χ1) is 9.82. The van der Waals surface area contributed by atoms with E-state index in [0.29, 0.717) is 24.5 Å². The molecule has 2 N–H and O–H groups in total. The van der Waals surface area contributed by atoms with E-state index in [1.807, 2.05) is 6.92 Å². The first kappa shape index (κ1) is 16.2. The number of anilines is 1. The van der Waals surface area contributed by atoms with E-state index in [0.717, 1.165) is 25.7 Å². The number of ether oxygens (including phenoxy) is 1. The van der Waals surface area contributed by atoms with Crippen LogP contribution in [-0.4, -0.2) is 38.8 Å². The zero-order valence-corrected chi connectivity index (χ0v) is 13.6. The number of nitrogens with zero attached hydrogens (tertiary/aromatic N) is 3. The molecule has 0 spiro atoms. The summed E-state index contributed by atoms with van der Waals surface area (Å²) >= 11 is 5.83. The second-order valence-electron chi connectivity index (χ2n) is 6.39. The molecule has 0 aromatic carbocycles. The van der Waals surface area contributed by atoms with Gasteiger partial charge in [-0.15, -0.1) is 0 Å². The lowest BCUT2D eigenvalue weighted by molar-refractivity contribution is -0.0146. The highest BCUT2D eigenvalue weighted by molar-refractivity contribution is 6.28. The van der Waals surface area contributed by atoms with Gasteiger partial charge in [0.05, 0.1) is 12.2 Å². The Morgan fingerprint density at radius 3 is 2.48 bits per heavy atom. The fraction of sp³-hybridized carbons (Fsp3) is 0.786. The maximum Gasteiger partial charge on any atom is 0.322 e. The Morgan fingerprint density at radius 2 is 1.86 bits per heavy atom. The fourth-order valence-corrected chi connectivity index (χ4v) is 2.57. The van der Waals surface area contributed by atoms with E-state index in [1.54, 1.807) is 0 Å². The third kappa shape index (κ3) is 4.68. The monoisotopic (exact) mass is 314 g/mol. The van der Waals surface area contributed by atoms with Gasteiger partial charge in [0.25, 0.3) is 0 Å². The van der Waals surface area contributed by atoms with Crippen LogP contribution in [0.25, 0.3) is 0 Å². The molecule has 1 saturated carbocycles. The van der Waals surface area contributed by atoms with E-state index in [9.17, 15) is 5.11 Å². The molecule has 1 aliphatic rings. The largest absolute Gasteiger partial charge is 0.464 e. The van der Waals surface area contributed by atoms with Crippen molar-refractivity contribution < 1.29 is 9.84 Å². The Bertz CT molecular complexity index is 486. The van der Waals surface area contributed by atoms with Crippen molar-refractivity contribution in [1.82, 2.24) is 15.0 Å². The Balaban J connectivity index is 1.96. The van der Waals surface area contributed by atoms with Gasteiger partial charge < -0.3 is 15.2 Å². The van der Waals surface area contributed by atoms with E-state index < -0.39 is 5.60 Å². The molecule has 1 aromatic heterocycles. The Morgan fingerprint density at radius 1 is 1.19 bits per heavy atom. The molecule has 0 aliphatic heterocycles. The summed E-state index contributed by atoms with van der Waals surface area (Å²) in [6.45, 7) is 7.17. The minimum atomic E-state index is -0.722. The third-order valence-corrected chi connectivity index (χ3v) is 4.14. The molecule has 0 amide bonds. The van der Waals surface area contributed by atoms with Crippen molar-refractivity contribution in [2.75, 3.05) is 18.5 Å². The lowest BCUT2D eigenvalue weighted by atomic mass is 9.71. The number of hydrogen-bond donors (Lipinski definition) is 2. The van der Waals surface area contributed by atoms with E-state index >= 15 is 0 Å². The van der Waals surface area contributed by atoms with E-state index in [2.05, 4.69) is 34.1 Å². The number of rotatable bonds is 5. The van der Waals surface area contributed by atoms with Crippen LogP contribution in [-0.2, 0) is 0 Å². The van der Waals surface area contributed by atoms with Crippen LogP contribution >= 0.6 is 11.6 Å². The van der Waals surface area contributed by atoms with Gasteiger partial charge in [-0.1, -0.05) is 13.8 Å². The molecule has 2 rings (SSSR count). The Kier molecular flexibility index (Phi) is 4.88. The number of aliphatic hydroxyl groups is 1. The molecule has 7 heteroatoms. The maximum absolute atomic E-state index is 10.6. The lowest BCUT2D eigenvalue weighted by Gasteiger charge is -2.40. The molecule has 21 heavy (non-hydrogen) atoms. The molecule has 0 bridgehead atoms. The molecule has 1 aliphatic carbocycles. The maximum atomic E-state index is 10.6. The van der Waals surface area contributed by atoms with Gasteiger partial charge in [0, 0.05) is 6.54 Å². The number of hydrogen-bond acceptors (Lipinski definition) is 6. The van der Waals surface area contributed by atoms with Gasteiger partial charge >= 0.3 is 6.01 Å². The predicted molar refractivity (Wildman–Crippen MR) is 81.7 cm³/mol. The molecule has 0 atom stereocenters. The second kappa shape index (κ2) is 6.32. The molecule has 0 saturated heterocycles. The summed E-state index contributed by atoms with van der Waals surface area (Å²) in [6, 6.07) is 0.191. The predicted octanol–water partition coefficient (Wildman–Crippen LogP) is 2.67. The van der Waals surface area contributed by atoms with Gasteiger partial charge in [0.1, 0.15) is 0 Å². The average Bonchev–Trinajstić information content (AvgIpc) is 2.41. The summed E-state index contributed by atoms with van der Waals surface area (Å²) < 4.78 is 5.22. The summed E-state index contributed by atoms with van der Waals surface area (Å²) in [5.74, 6) is 0.330. The minimum absolute atomic E-state index is 0.0766. The summed E-state index contributed by atoms with van der Waals surface area (Å²) in [4.78, 5) is 12.0. The smallest absolute Gasteiger partial charge is 0.322 e. The van der Waals surface area contributed by atoms with Crippen molar-refractivity contribution >= 4 is 17.5 Å². The molecule has 1 aromatic rings.